The summed E-state index contributed by atoms with van der Waals surface area (Å²) in [4.78, 5) is 32.7. The van der Waals surface area contributed by atoms with Crippen molar-refractivity contribution in [2.24, 2.45) is 5.10 Å². The molecule has 0 atom stereocenters. The molecule has 0 bridgehead atoms. The van der Waals surface area contributed by atoms with E-state index in [1.165, 1.54) is 31.2 Å². The number of esters is 1. The number of Topliss-reactive ketones (excluding diaryl/α,β-unsaturated/α-hetero) is 1. The molecular weight excluding hydrogens is 266 g/mol. The van der Waals surface area contributed by atoms with Crippen LogP contribution >= 0.6 is 0 Å². The highest BCUT2D eigenvalue weighted by Crippen LogP contribution is 2.15. The van der Waals surface area contributed by atoms with E-state index in [1.54, 1.807) is 6.92 Å². The summed E-state index contributed by atoms with van der Waals surface area (Å²) in [6.07, 6.45) is 0. The summed E-state index contributed by atoms with van der Waals surface area (Å²) in [5, 5.41) is 14.1. The second-order valence-corrected chi connectivity index (χ2v) is 3.65. The van der Waals surface area contributed by atoms with E-state index in [0.717, 1.165) is 0 Å². The SMILES string of the molecule is CCOC(=O)C(=NNc1ccc([N+](=O)[O-])cc1)C(C)=O. The topological polar surface area (TPSA) is 111 Å². The lowest BCUT2D eigenvalue weighted by Crippen LogP contribution is -2.25. The molecule has 1 aromatic rings. The third-order valence-electron chi connectivity index (χ3n) is 2.18. The number of ketones is 1. The molecule has 1 rings (SSSR count). The molecule has 0 aromatic heterocycles. The van der Waals surface area contributed by atoms with Gasteiger partial charge in [-0.05, 0) is 19.1 Å². The van der Waals surface area contributed by atoms with Crippen molar-refractivity contribution in [3.63, 3.8) is 0 Å². The van der Waals surface area contributed by atoms with Crippen molar-refractivity contribution in [2.75, 3.05) is 12.0 Å². The molecule has 0 aliphatic heterocycles. The first kappa shape index (κ1) is 15.3. The van der Waals surface area contributed by atoms with Gasteiger partial charge in [-0.2, -0.15) is 5.10 Å². The Labute approximate surface area is 114 Å². The molecule has 0 spiro atoms. The molecule has 0 aliphatic carbocycles. The Morgan fingerprint density at radius 2 is 1.95 bits per heavy atom. The molecule has 0 heterocycles. The number of hydrogen-bond acceptors (Lipinski definition) is 7. The number of rotatable bonds is 6. The van der Waals surface area contributed by atoms with Gasteiger partial charge in [-0.25, -0.2) is 4.79 Å². The summed E-state index contributed by atoms with van der Waals surface area (Å²) in [5.74, 6) is -1.37. The first-order valence-corrected chi connectivity index (χ1v) is 5.72. The largest absolute Gasteiger partial charge is 0.461 e. The maximum absolute atomic E-state index is 11.4. The van der Waals surface area contributed by atoms with Crippen LogP contribution in [0.5, 0.6) is 0 Å². The molecule has 0 saturated heterocycles. The van der Waals surface area contributed by atoms with Crippen molar-refractivity contribution >= 4 is 28.8 Å². The minimum absolute atomic E-state index is 0.0725. The van der Waals surface area contributed by atoms with E-state index in [9.17, 15) is 19.7 Å². The highest BCUT2D eigenvalue weighted by atomic mass is 16.6. The number of non-ortho nitro benzene ring substituents is 1. The minimum atomic E-state index is -0.825. The van der Waals surface area contributed by atoms with Gasteiger partial charge in [0.1, 0.15) is 0 Å². The fraction of sp³-hybridized carbons (Fsp3) is 0.250. The number of anilines is 1. The Bertz CT molecular complexity index is 551. The zero-order valence-electron chi connectivity index (χ0n) is 11.0. The van der Waals surface area contributed by atoms with Crippen molar-refractivity contribution in [3.05, 3.63) is 34.4 Å². The van der Waals surface area contributed by atoms with E-state index in [1.807, 2.05) is 0 Å². The molecule has 0 fully saturated rings. The van der Waals surface area contributed by atoms with Gasteiger partial charge >= 0.3 is 5.97 Å². The smallest absolute Gasteiger partial charge is 0.362 e. The van der Waals surface area contributed by atoms with Crippen LogP contribution in [0.15, 0.2) is 29.4 Å². The van der Waals surface area contributed by atoms with Gasteiger partial charge in [0.15, 0.2) is 5.78 Å². The number of hydrazone groups is 1. The molecule has 1 N–H and O–H groups in total. The van der Waals surface area contributed by atoms with Crippen LogP contribution in [-0.2, 0) is 14.3 Å². The van der Waals surface area contributed by atoms with Gasteiger partial charge in [-0.1, -0.05) is 0 Å². The molecule has 20 heavy (non-hydrogen) atoms. The lowest BCUT2D eigenvalue weighted by Gasteiger charge is -2.04. The van der Waals surface area contributed by atoms with Crippen molar-refractivity contribution < 1.29 is 19.2 Å². The Hall–Kier alpha value is -2.77. The maximum atomic E-state index is 11.4. The van der Waals surface area contributed by atoms with Crippen molar-refractivity contribution in [3.8, 4) is 0 Å². The number of nitrogens with zero attached hydrogens (tertiary/aromatic N) is 2. The summed E-state index contributed by atoms with van der Waals surface area (Å²) >= 11 is 0. The van der Waals surface area contributed by atoms with E-state index >= 15 is 0 Å². The Morgan fingerprint density at radius 1 is 1.35 bits per heavy atom. The van der Waals surface area contributed by atoms with Crippen molar-refractivity contribution in [1.82, 2.24) is 0 Å². The predicted octanol–water partition coefficient (Wildman–Crippen LogP) is 1.51. The summed E-state index contributed by atoms with van der Waals surface area (Å²) in [7, 11) is 0. The Kier molecular flexibility index (Phi) is 5.33. The quantitative estimate of drug-likeness (QED) is 0.278. The molecule has 8 heteroatoms. The number of nitro groups is 1. The second kappa shape index (κ2) is 6.98. The molecule has 0 aliphatic rings. The lowest BCUT2D eigenvalue weighted by atomic mass is 10.3. The number of carbonyl (C=O) groups excluding carboxylic acids is 2. The van der Waals surface area contributed by atoms with Crippen LogP contribution in [0.1, 0.15) is 13.8 Å². The summed E-state index contributed by atoms with van der Waals surface area (Å²) in [6.45, 7) is 2.93. The molecular formula is C12H13N3O5. The van der Waals surface area contributed by atoms with Crippen LogP contribution in [0.2, 0.25) is 0 Å². The van der Waals surface area contributed by atoms with Gasteiger partial charge in [-0.15, -0.1) is 0 Å². The first-order valence-electron chi connectivity index (χ1n) is 5.72. The van der Waals surface area contributed by atoms with Gasteiger partial charge in [0.25, 0.3) is 5.69 Å². The molecule has 0 amide bonds. The van der Waals surface area contributed by atoms with Crippen LogP contribution in [0.4, 0.5) is 11.4 Å². The van der Waals surface area contributed by atoms with Crippen LogP contribution in [-0.4, -0.2) is 29.0 Å². The number of hydrogen-bond donors (Lipinski definition) is 1. The lowest BCUT2D eigenvalue weighted by molar-refractivity contribution is -0.384. The molecule has 0 unspecified atom stereocenters. The van der Waals surface area contributed by atoms with E-state index in [0.29, 0.717) is 5.69 Å². The monoisotopic (exact) mass is 279 g/mol. The van der Waals surface area contributed by atoms with E-state index in [4.69, 9.17) is 0 Å². The Balaban J connectivity index is 2.84. The average molecular weight is 279 g/mol. The van der Waals surface area contributed by atoms with E-state index in [-0.39, 0.29) is 18.0 Å². The van der Waals surface area contributed by atoms with Gasteiger partial charge in [0, 0.05) is 19.1 Å². The first-order chi connectivity index (χ1) is 9.45. The number of carbonyl (C=O) groups is 2. The highest BCUT2D eigenvalue weighted by molar-refractivity contribution is 6.64. The Morgan fingerprint density at radius 3 is 2.40 bits per heavy atom. The third kappa shape index (κ3) is 4.16. The zero-order chi connectivity index (χ0) is 15.1. The minimum Gasteiger partial charge on any atom is -0.461 e. The zero-order valence-corrected chi connectivity index (χ0v) is 11.0. The summed E-state index contributed by atoms with van der Waals surface area (Å²) in [6, 6.07) is 5.36. The molecule has 0 saturated carbocycles. The van der Waals surface area contributed by atoms with Crippen LogP contribution in [0.25, 0.3) is 0 Å². The average Bonchev–Trinajstić information content (AvgIpc) is 2.39. The summed E-state index contributed by atoms with van der Waals surface area (Å²) < 4.78 is 4.68. The standard InChI is InChI=1S/C12H13N3O5/c1-3-20-12(17)11(8(2)16)14-13-9-4-6-10(7-5-9)15(18)19/h4-7,13H,3H2,1-2H3. The van der Waals surface area contributed by atoms with Crippen LogP contribution < -0.4 is 5.43 Å². The molecule has 106 valence electrons. The molecule has 1 aromatic carbocycles. The van der Waals surface area contributed by atoms with E-state index < -0.39 is 16.7 Å². The number of ether oxygens (including phenoxy) is 1. The normalized spacial score (nSPS) is 10.8. The summed E-state index contributed by atoms with van der Waals surface area (Å²) in [5.41, 5.74) is 2.43. The van der Waals surface area contributed by atoms with Gasteiger partial charge in [0.2, 0.25) is 5.71 Å². The van der Waals surface area contributed by atoms with Gasteiger partial charge in [0.05, 0.1) is 17.2 Å². The van der Waals surface area contributed by atoms with Crippen molar-refractivity contribution in [1.29, 1.82) is 0 Å². The highest BCUT2D eigenvalue weighted by Gasteiger charge is 2.18. The van der Waals surface area contributed by atoms with Crippen LogP contribution in [0, 0.1) is 10.1 Å². The fourth-order valence-electron chi connectivity index (χ4n) is 1.25. The number of nitro benzene ring substituents is 1. The van der Waals surface area contributed by atoms with Crippen molar-refractivity contribution in [2.45, 2.75) is 13.8 Å². The van der Waals surface area contributed by atoms with E-state index in [2.05, 4.69) is 15.3 Å². The second-order valence-electron chi connectivity index (χ2n) is 3.65. The third-order valence-corrected chi connectivity index (χ3v) is 2.18. The van der Waals surface area contributed by atoms with Crippen LogP contribution in [0.3, 0.4) is 0 Å². The number of nitrogens with one attached hydrogen (secondary N) is 1. The van der Waals surface area contributed by atoms with Gasteiger partial charge < -0.3 is 4.74 Å². The number of benzene rings is 1. The molecule has 8 nitrogen and oxygen atoms in total. The van der Waals surface area contributed by atoms with Gasteiger partial charge in [-0.3, -0.25) is 20.3 Å². The maximum Gasteiger partial charge on any atom is 0.362 e. The molecule has 0 radical (unpaired) electrons. The predicted molar refractivity (Wildman–Crippen MR) is 71.5 cm³/mol. The fourth-order valence-corrected chi connectivity index (χ4v) is 1.25.